The maximum Gasteiger partial charge on any atom is 0.225 e. The SMILES string of the molecule is O=C(CC1CCNC1)Nc1cnns1. The van der Waals surface area contributed by atoms with Crippen LogP contribution in [0, 0.1) is 5.92 Å². The van der Waals surface area contributed by atoms with E-state index in [0.29, 0.717) is 12.3 Å². The minimum atomic E-state index is 0.0600. The number of amides is 1. The van der Waals surface area contributed by atoms with Crippen molar-refractivity contribution in [2.24, 2.45) is 5.92 Å². The van der Waals surface area contributed by atoms with Gasteiger partial charge in [-0.3, -0.25) is 4.79 Å². The summed E-state index contributed by atoms with van der Waals surface area (Å²) in [5.41, 5.74) is 0. The van der Waals surface area contributed by atoms with Crippen molar-refractivity contribution in [1.29, 1.82) is 0 Å². The molecule has 2 heterocycles. The number of rotatable bonds is 3. The maximum absolute atomic E-state index is 11.5. The molecule has 1 fully saturated rings. The smallest absolute Gasteiger partial charge is 0.225 e. The largest absolute Gasteiger partial charge is 0.316 e. The van der Waals surface area contributed by atoms with Gasteiger partial charge in [0.15, 0.2) is 0 Å². The molecule has 0 saturated carbocycles. The Morgan fingerprint density at radius 3 is 3.36 bits per heavy atom. The second-order valence-corrected chi connectivity index (χ2v) is 4.18. The fourth-order valence-electron chi connectivity index (χ4n) is 1.56. The van der Waals surface area contributed by atoms with Crippen molar-refractivity contribution in [2.75, 3.05) is 18.4 Å². The number of hydrogen-bond donors (Lipinski definition) is 2. The van der Waals surface area contributed by atoms with E-state index in [4.69, 9.17) is 0 Å². The monoisotopic (exact) mass is 212 g/mol. The van der Waals surface area contributed by atoms with Crippen molar-refractivity contribution >= 4 is 22.4 Å². The number of carbonyl (C=O) groups excluding carboxylic acids is 1. The Morgan fingerprint density at radius 2 is 2.71 bits per heavy atom. The summed E-state index contributed by atoms with van der Waals surface area (Å²) < 4.78 is 3.67. The lowest BCUT2D eigenvalue weighted by molar-refractivity contribution is -0.116. The number of aromatic nitrogens is 2. The molecule has 2 rings (SSSR count). The number of hydrogen-bond acceptors (Lipinski definition) is 5. The van der Waals surface area contributed by atoms with Crippen molar-refractivity contribution in [3.8, 4) is 0 Å². The lowest BCUT2D eigenvalue weighted by Crippen LogP contribution is -2.17. The predicted octanol–water partition coefficient (Wildman–Crippen LogP) is 0.476. The van der Waals surface area contributed by atoms with Crippen LogP contribution in [-0.4, -0.2) is 28.6 Å². The highest BCUT2D eigenvalue weighted by atomic mass is 32.1. The minimum absolute atomic E-state index is 0.0600. The van der Waals surface area contributed by atoms with E-state index < -0.39 is 0 Å². The highest BCUT2D eigenvalue weighted by Crippen LogP contribution is 2.15. The average Bonchev–Trinajstić information content (AvgIpc) is 2.76. The topological polar surface area (TPSA) is 66.9 Å². The van der Waals surface area contributed by atoms with Crippen LogP contribution in [0.15, 0.2) is 6.20 Å². The molecule has 2 N–H and O–H groups in total. The van der Waals surface area contributed by atoms with Crippen molar-refractivity contribution in [1.82, 2.24) is 14.9 Å². The Morgan fingerprint density at radius 1 is 1.79 bits per heavy atom. The van der Waals surface area contributed by atoms with Gasteiger partial charge in [0.2, 0.25) is 5.91 Å². The molecule has 1 aromatic rings. The maximum atomic E-state index is 11.5. The van der Waals surface area contributed by atoms with Crippen LogP contribution in [0.25, 0.3) is 0 Å². The number of nitrogens with zero attached hydrogens (tertiary/aromatic N) is 2. The molecule has 1 aliphatic rings. The van der Waals surface area contributed by atoms with Crippen molar-refractivity contribution < 1.29 is 4.79 Å². The second-order valence-electron chi connectivity index (χ2n) is 3.39. The molecule has 1 aromatic heterocycles. The van der Waals surface area contributed by atoms with Crippen LogP contribution in [0.4, 0.5) is 5.00 Å². The highest BCUT2D eigenvalue weighted by molar-refractivity contribution is 7.10. The van der Waals surface area contributed by atoms with E-state index in [1.165, 1.54) is 11.5 Å². The van der Waals surface area contributed by atoms with Crippen LogP contribution in [0.5, 0.6) is 0 Å². The van der Waals surface area contributed by atoms with E-state index in [-0.39, 0.29) is 5.91 Å². The summed E-state index contributed by atoms with van der Waals surface area (Å²) in [7, 11) is 0. The molecule has 0 bridgehead atoms. The molecule has 1 unspecified atom stereocenters. The summed E-state index contributed by atoms with van der Waals surface area (Å²) in [5.74, 6) is 0.542. The molecule has 1 saturated heterocycles. The van der Waals surface area contributed by atoms with E-state index >= 15 is 0 Å². The Labute approximate surface area is 86.1 Å². The van der Waals surface area contributed by atoms with E-state index in [0.717, 1.165) is 24.5 Å². The van der Waals surface area contributed by atoms with Crippen molar-refractivity contribution in [3.05, 3.63) is 6.20 Å². The zero-order chi connectivity index (χ0) is 9.80. The van der Waals surface area contributed by atoms with Gasteiger partial charge in [-0.05, 0) is 25.4 Å². The lowest BCUT2D eigenvalue weighted by atomic mass is 10.1. The van der Waals surface area contributed by atoms with Gasteiger partial charge >= 0.3 is 0 Å². The molecule has 76 valence electrons. The van der Waals surface area contributed by atoms with Crippen LogP contribution < -0.4 is 10.6 Å². The van der Waals surface area contributed by atoms with Crippen LogP contribution in [-0.2, 0) is 4.79 Å². The van der Waals surface area contributed by atoms with Crippen LogP contribution >= 0.6 is 11.5 Å². The molecular formula is C8H12N4OS. The molecule has 0 radical (unpaired) electrons. The molecule has 1 amide bonds. The molecule has 1 atom stereocenters. The highest BCUT2D eigenvalue weighted by Gasteiger charge is 2.18. The molecule has 1 aliphatic heterocycles. The zero-order valence-corrected chi connectivity index (χ0v) is 8.51. The standard InChI is InChI=1S/C8H12N4OS/c13-7(3-6-1-2-9-4-6)11-8-5-10-12-14-8/h5-6,9H,1-4H2,(H,11,13). The number of nitrogens with one attached hydrogen (secondary N) is 2. The van der Waals surface area contributed by atoms with Crippen molar-refractivity contribution in [2.45, 2.75) is 12.8 Å². The quantitative estimate of drug-likeness (QED) is 0.764. The summed E-state index contributed by atoms with van der Waals surface area (Å²) in [5, 5.41) is 10.4. The predicted molar refractivity (Wildman–Crippen MR) is 54.1 cm³/mol. The fraction of sp³-hybridized carbons (Fsp3) is 0.625. The van der Waals surface area contributed by atoms with Gasteiger partial charge in [-0.25, -0.2) is 0 Å². The molecule has 5 nitrogen and oxygen atoms in total. The van der Waals surface area contributed by atoms with Gasteiger partial charge in [-0.15, -0.1) is 5.10 Å². The molecule has 0 spiro atoms. The van der Waals surface area contributed by atoms with Crippen molar-refractivity contribution in [3.63, 3.8) is 0 Å². The number of carbonyl (C=O) groups is 1. The van der Waals surface area contributed by atoms with E-state index in [1.807, 2.05) is 0 Å². The van der Waals surface area contributed by atoms with Gasteiger partial charge in [-0.1, -0.05) is 4.49 Å². The molecule has 0 aromatic carbocycles. The molecule has 6 heteroatoms. The molecule has 0 aliphatic carbocycles. The van der Waals surface area contributed by atoms with Crippen LogP contribution in [0.3, 0.4) is 0 Å². The van der Waals surface area contributed by atoms with E-state index in [9.17, 15) is 4.79 Å². The zero-order valence-electron chi connectivity index (χ0n) is 7.69. The first-order valence-electron chi connectivity index (χ1n) is 4.62. The van der Waals surface area contributed by atoms with Gasteiger partial charge in [0.05, 0.1) is 6.20 Å². The van der Waals surface area contributed by atoms with E-state index in [1.54, 1.807) is 6.20 Å². The minimum Gasteiger partial charge on any atom is -0.316 e. The third-order valence-electron chi connectivity index (χ3n) is 2.26. The summed E-state index contributed by atoms with van der Waals surface area (Å²) in [4.78, 5) is 11.5. The Balaban J connectivity index is 1.78. The van der Waals surface area contributed by atoms with Gasteiger partial charge in [0, 0.05) is 18.0 Å². The van der Waals surface area contributed by atoms with Crippen LogP contribution in [0.2, 0.25) is 0 Å². The third-order valence-corrected chi connectivity index (χ3v) is 2.84. The van der Waals surface area contributed by atoms with Crippen LogP contribution in [0.1, 0.15) is 12.8 Å². The molecule has 14 heavy (non-hydrogen) atoms. The Bertz CT molecular complexity index is 294. The Hall–Kier alpha value is -1.01. The first kappa shape index (κ1) is 9.54. The van der Waals surface area contributed by atoms with Gasteiger partial charge < -0.3 is 10.6 Å². The third kappa shape index (κ3) is 2.49. The fourth-order valence-corrected chi connectivity index (χ4v) is 2.00. The van der Waals surface area contributed by atoms with Gasteiger partial charge in [0.25, 0.3) is 0 Å². The van der Waals surface area contributed by atoms with E-state index in [2.05, 4.69) is 20.2 Å². The Kier molecular flexibility index (Phi) is 3.05. The molecular weight excluding hydrogens is 200 g/mol. The first-order chi connectivity index (χ1) is 6.84. The summed E-state index contributed by atoms with van der Waals surface area (Å²) in [6.45, 7) is 1.98. The van der Waals surface area contributed by atoms with Gasteiger partial charge in [-0.2, -0.15) is 0 Å². The first-order valence-corrected chi connectivity index (χ1v) is 5.40. The summed E-state index contributed by atoms with van der Waals surface area (Å²) >= 11 is 1.20. The second kappa shape index (κ2) is 4.47. The van der Waals surface area contributed by atoms with Gasteiger partial charge in [0.1, 0.15) is 5.00 Å². The summed E-state index contributed by atoms with van der Waals surface area (Å²) in [6.07, 6.45) is 3.24. The normalized spacial score (nSPS) is 21.0. The lowest BCUT2D eigenvalue weighted by Gasteiger charge is -2.06. The average molecular weight is 212 g/mol. The number of anilines is 1. The summed E-state index contributed by atoms with van der Waals surface area (Å²) in [6, 6.07) is 0.